The second-order valence-corrected chi connectivity index (χ2v) is 11.0. The van der Waals surface area contributed by atoms with E-state index >= 15 is 0 Å². The maximum absolute atomic E-state index is 13.3. The summed E-state index contributed by atoms with van der Waals surface area (Å²) in [6.45, 7) is 16.6. The molecule has 1 aliphatic rings. The van der Waals surface area contributed by atoms with Crippen LogP contribution in [-0.2, 0) is 15.0 Å². The van der Waals surface area contributed by atoms with Gasteiger partial charge in [0.25, 0.3) is 11.7 Å². The van der Waals surface area contributed by atoms with Crippen molar-refractivity contribution in [1.29, 1.82) is 0 Å². The number of nitrogens with zero attached hydrogens (tertiary/aromatic N) is 2. The van der Waals surface area contributed by atoms with Crippen LogP contribution < -0.4 is 4.74 Å². The highest BCUT2D eigenvalue weighted by molar-refractivity contribution is 6.46. The largest absolute Gasteiger partial charge is 0.507 e. The zero-order valence-electron chi connectivity index (χ0n) is 23.9. The number of ether oxygens (including phenoxy) is 1. The van der Waals surface area contributed by atoms with E-state index in [1.54, 1.807) is 29.2 Å². The quantitative estimate of drug-likeness (QED) is 0.154. The predicted molar refractivity (Wildman–Crippen MR) is 153 cm³/mol. The fraction of sp³-hybridized carbons (Fsp3) is 0.500. The average molecular weight is 521 g/mol. The van der Waals surface area contributed by atoms with Crippen LogP contribution in [0.15, 0.2) is 54.1 Å². The van der Waals surface area contributed by atoms with Gasteiger partial charge in [0, 0.05) is 12.1 Å². The van der Waals surface area contributed by atoms with Crippen molar-refractivity contribution in [3.63, 3.8) is 0 Å². The van der Waals surface area contributed by atoms with Crippen LogP contribution in [0.2, 0.25) is 0 Å². The Bertz CT molecular complexity index is 1110. The number of carbonyl (C=O) groups excluding carboxylic acids is 2. The molecule has 1 amide bonds. The lowest BCUT2D eigenvalue weighted by Gasteiger charge is -2.27. The standard InChI is InChI=1S/C32H44N2O4/c1-7-10-22-38-26-18-14-24(15-19-26)29(35)27-28(23-12-16-25(17-13-23)32(4,5)6)34(31(37)30(27)36)21-11-20-33(8-2)9-3/h12-19,28,35H,7-11,20-22H2,1-6H3/t28-/m0/s1. The smallest absolute Gasteiger partial charge is 0.295 e. The second-order valence-electron chi connectivity index (χ2n) is 11.0. The highest BCUT2D eigenvalue weighted by Crippen LogP contribution is 2.40. The van der Waals surface area contributed by atoms with Crippen LogP contribution in [-0.4, -0.2) is 59.4 Å². The summed E-state index contributed by atoms with van der Waals surface area (Å²) in [6, 6.07) is 14.5. The lowest BCUT2D eigenvalue weighted by molar-refractivity contribution is -0.140. The van der Waals surface area contributed by atoms with Crippen LogP contribution in [0.25, 0.3) is 5.76 Å². The Kier molecular flexibility index (Phi) is 10.1. The third-order valence-electron chi connectivity index (χ3n) is 7.29. The lowest BCUT2D eigenvalue weighted by atomic mass is 9.85. The van der Waals surface area contributed by atoms with Crippen LogP contribution in [0, 0.1) is 0 Å². The number of unbranched alkanes of at least 4 members (excludes halogenated alkanes) is 1. The molecule has 6 nitrogen and oxygen atoms in total. The Morgan fingerprint density at radius 2 is 1.58 bits per heavy atom. The minimum absolute atomic E-state index is 0.0228. The van der Waals surface area contributed by atoms with Crippen molar-refractivity contribution in [3.8, 4) is 5.75 Å². The van der Waals surface area contributed by atoms with Crippen molar-refractivity contribution in [2.45, 2.75) is 72.3 Å². The number of rotatable bonds is 12. The average Bonchev–Trinajstić information content (AvgIpc) is 3.16. The topological polar surface area (TPSA) is 70.1 Å². The molecule has 1 N–H and O–H groups in total. The van der Waals surface area contributed by atoms with Gasteiger partial charge >= 0.3 is 0 Å². The minimum Gasteiger partial charge on any atom is -0.507 e. The number of ketones is 1. The molecule has 0 radical (unpaired) electrons. The van der Waals surface area contributed by atoms with Gasteiger partial charge in [-0.1, -0.05) is 72.2 Å². The van der Waals surface area contributed by atoms with E-state index in [-0.39, 0.29) is 16.7 Å². The summed E-state index contributed by atoms with van der Waals surface area (Å²) < 4.78 is 5.74. The molecule has 0 saturated carbocycles. The van der Waals surface area contributed by atoms with Crippen LogP contribution in [0.3, 0.4) is 0 Å². The van der Waals surface area contributed by atoms with E-state index in [9.17, 15) is 14.7 Å². The molecule has 0 spiro atoms. The normalized spacial score (nSPS) is 17.4. The predicted octanol–water partition coefficient (Wildman–Crippen LogP) is 6.32. The summed E-state index contributed by atoms with van der Waals surface area (Å²) >= 11 is 0. The molecule has 2 aromatic rings. The number of amides is 1. The van der Waals surface area contributed by atoms with Gasteiger partial charge in [0.05, 0.1) is 18.2 Å². The van der Waals surface area contributed by atoms with Gasteiger partial charge in [0.1, 0.15) is 11.5 Å². The first kappa shape index (κ1) is 29.4. The SMILES string of the molecule is CCCCOc1ccc(C(O)=C2C(=O)C(=O)N(CCCN(CC)CC)[C@H]2c2ccc(C(C)(C)C)cc2)cc1. The molecule has 1 heterocycles. The Morgan fingerprint density at radius 3 is 2.13 bits per heavy atom. The Hall–Kier alpha value is -3.12. The molecule has 0 aromatic heterocycles. The van der Waals surface area contributed by atoms with Crippen LogP contribution in [0.5, 0.6) is 5.75 Å². The van der Waals surface area contributed by atoms with E-state index in [4.69, 9.17) is 4.74 Å². The summed E-state index contributed by atoms with van der Waals surface area (Å²) in [6.07, 6.45) is 2.76. The number of hydrogen-bond donors (Lipinski definition) is 1. The Labute approximate surface area is 228 Å². The monoisotopic (exact) mass is 520 g/mol. The highest BCUT2D eigenvalue weighted by atomic mass is 16.5. The number of carbonyl (C=O) groups is 2. The zero-order valence-corrected chi connectivity index (χ0v) is 23.9. The number of likely N-dealkylation sites (tertiary alicyclic amines) is 1. The van der Waals surface area contributed by atoms with E-state index in [1.165, 1.54) is 5.56 Å². The van der Waals surface area contributed by atoms with Gasteiger partial charge in [0.2, 0.25) is 0 Å². The van der Waals surface area contributed by atoms with E-state index in [1.807, 2.05) is 24.3 Å². The Balaban J connectivity index is 1.99. The molecule has 0 unspecified atom stereocenters. The third-order valence-corrected chi connectivity index (χ3v) is 7.29. The number of benzene rings is 2. The molecule has 206 valence electrons. The molecule has 1 aliphatic heterocycles. The van der Waals surface area contributed by atoms with Crippen LogP contribution >= 0.6 is 0 Å². The highest BCUT2D eigenvalue weighted by Gasteiger charge is 2.45. The zero-order chi connectivity index (χ0) is 27.9. The summed E-state index contributed by atoms with van der Waals surface area (Å²) in [5.74, 6) is -0.644. The fourth-order valence-corrected chi connectivity index (χ4v) is 4.83. The first-order valence-electron chi connectivity index (χ1n) is 14.0. The maximum Gasteiger partial charge on any atom is 0.295 e. The number of aliphatic hydroxyl groups is 1. The van der Waals surface area contributed by atoms with Gasteiger partial charge in [-0.3, -0.25) is 9.59 Å². The van der Waals surface area contributed by atoms with Crippen molar-refractivity contribution in [3.05, 3.63) is 70.8 Å². The number of Topliss-reactive ketones (excluding diaryl/α,β-unsaturated/α-hetero) is 1. The van der Waals surface area contributed by atoms with Gasteiger partial charge in [-0.05, 0) is 73.3 Å². The van der Waals surface area contributed by atoms with Crippen molar-refractivity contribution in [2.24, 2.45) is 0 Å². The van der Waals surface area contributed by atoms with E-state index in [0.717, 1.165) is 44.5 Å². The summed E-state index contributed by atoms with van der Waals surface area (Å²) in [5.41, 5.74) is 2.59. The van der Waals surface area contributed by atoms with Gasteiger partial charge in [-0.15, -0.1) is 0 Å². The Morgan fingerprint density at radius 1 is 0.947 bits per heavy atom. The number of hydrogen-bond acceptors (Lipinski definition) is 5. The second kappa shape index (κ2) is 13.1. The molecule has 0 bridgehead atoms. The van der Waals surface area contributed by atoms with Gasteiger partial charge < -0.3 is 19.6 Å². The fourth-order valence-electron chi connectivity index (χ4n) is 4.83. The molecule has 1 atom stereocenters. The van der Waals surface area contributed by atoms with Crippen LogP contribution in [0.4, 0.5) is 0 Å². The van der Waals surface area contributed by atoms with Gasteiger partial charge in [-0.25, -0.2) is 0 Å². The first-order chi connectivity index (χ1) is 18.1. The van der Waals surface area contributed by atoms with E-state index < -0.39 is 17.7 Å². The summed E-state index contributed by atoms with van der Waals surface area (Å²) in [7, 11) is 0. The van der Waals surface area contributed by atoms with E-state index in [0.29, 0.717) is 24.5 Å². The lowest BCUT2D eigenvalue weighted by Crippen LogP contribution is -2.33. The summed E-state index contributed by atoms with van der Waals surface area (Å²) in [5, 5.41) is 11.4. The molecule has 1 fully saturated rings. The molecule has 0 aliphatic carbocycles. The maximum atomic E-state index is 13.3. The van der Waals surface area contributed by atoms with Crippen molar-refractivity contribution in [1.82, 2.24) is 9.80 Å². The molecular formula is C32H44N2O4. The number of aliphatic hydroxyl groups excluding tert-OH is 1. The molecule has 38 heavy (non-hydrogen) atoms. The summed E-state index contributed by atoms with van der Waals surface area (Å²) in [4.78, 5) is 30.6. The third kappa shape index (κ3) is 6.84. The van der Waals surface area contributed by atoms with Crippen LogP contribution in [0.1, 0.15) is 83.5 Å². The molecular weight excluding hydrogens is 476 g/mol. The first-order valence-corrected chi connectivity index (χ1v) is 14.0. The van der Waals surface area contributed by atoms with Crippen molar-refractivity contribution in [2.75, 3.05) is 32.8 Å². The van der Waals surface area contributed by atoms with Gasteiger partial charge in [0.15, 0.2) is 0 Å². The minimum atomic E-state index is -0.640. The van der Waals surface area contributed by atoms with Gasteiger partial charge in [-0.2, -0.15) is 0 Å². The van der Waals surface area contributed by atoms with E-state index in [2.05, 4.69) is 46.4 Å². The van der Waals surface area contributed by atoms with Crippen molar-refractivity contribution < 1.29 is 19.4 Å². The molecule has 2 aromatic carbocycles. The molecule has 3 rings (SSSR count). The molecule has 6 heteroatoms. The molecule has 1 saturated heterocycles. The van der Waals surface area contributed by atoms with Crippen molar-refractivity contribution >= 4 is 17.4 Å².